The summed E-state index contributed by atoms with van der Waals surface area (Å²) >= 11 is 0. The minimum absolute atomic E-state index is 0.400. The fourth-order valence-corrected chi connectivity index (χ4v) is 2.10. The van der Waals surface area contributed by atoms with E-state index in [1.165, 1.54) is 19.3 Å². The molecular formula is C10H16N4O. The molecule has 0 amide bonds. The van der Waals surface area contributed by atoms with Gasteiger partial charge in [0, 0.05) is 6.04 Å². The summed E-state index contributed by atoms with van der Waals surface area (Å²) in [5, 5.41) is 9.25. The van der Waals surface area contributed by atoms with E-state index in [0.717, 1.165) is 6.42 Å². The Bertz CT molecular complexity index is 376. The van der Waals surface area contributed by atoms with Crippen LogP contribution in [-0.4, -0.2) is 21.2 Å². The van der Waals surface area contributed by atoms with Crippen molar-refractivity contribution >= 4 is 5.82 Å². The molecule has 15 heavy (non-hydrogen) atoms. The fraction of sp³-hybridized carbons (Fsp3) is 0.700. The molecule has 1 aliphatic carbocycles. The molecule has 0 aromatic carbocycles. The lowest BCUT2D eigenvalue weighted by Gasteiger charge is -2.29. The monoisotopic (exact) mass is 208 g/mol. The first-order chi connectivity index (χ1) is 7.25. The van der Waals surface area contributed by atoms with Crippen LogP contribution in [0.15, 0.2) is 11.0 Å². The van der Waals surface area contributed by atoms with Gasteiger partial charge in [-0.05, 0) is 18.8 Å². The minimum atomic E-state index is -0.400. The number of aromatic amines is 1. The van der Waals surface area contributed by atoms with E-state index in [1.54, 1.807) is 6.20 Å². The van der Waals surface area contributed by atoms with Gasteiger partial charge in [-0.1, -0.05) is 19.8 Å². The molecule has 0 spiro atoms. The smallest absolute Gasteiger partial charge is 0.363 e. The highest BCUT2D eigenvalue weighted by Crippen LogP contribution is 2.25. The molecule has 1 heterocycles. The van der Waals surface area contributed by atoms with Crippen LogP contribution < -0.4 is 11.0 Å². The number of hydrogen-bond acceptors (Lipinski definition) is 4. The molecule has 82 valence electrons. The fourth-order valence-electron chi connectivity index (χ4n) is 2.10. The predicted octanol–water partition coefficient (Wildman–Crippen LogP) is 1.16. The molecule has 1 fully saturated rings. The molecule has 5 nitrogen and oxygen atoms in total. The Balaban J connectivity index is 2.04. The third-order valence-corrected chi connectivity index (χ3v) is 3.01. The van der Waals surface area contributed by atoms with Crippen molar-refractivity contribution in [3.63, 3.8) is 0 Å². The van der Waals surface area contributed by atoms with Gasteiger partial charge in [0.15, 0.2) is 5.82 Å². The highest BCUT2D eigenvalue weighted by molar-refractivity contribution is 5.31. The quantitative estimate of drug-likeness (QED) is 0.765. The number of aromatic nitrogens is 3. The van der Waals surface area contributed by atoms with Crippen molar-refractivity contribution in [2.45, 2.75) is 38.6 Å². The number of H-pyrrole nitrogens is 1. The maximum absolute atomic E-state index is 10.9. The maximum Gasteiger partial charge on any atom is 0.363 e. The second kappa shape index (κ2) is 4.42. The molecular weight excluding hydrogens is 192 g/mol. The van der Waals surface area contributed by atoms with Gasteiger partial charge in [0.1, 0.15) is 0 Å². The Morgan fingerprint density at radius 3 is 3.00 bits per heavy atom. The molecule has 0 radical (unpaired) electrons. The standard InChI is InChI=1S/C10H16N4O/c1-7-4-2-3-5-8(7)12-9-6-11-14-10(15)13-9/h6-8H,2-5H2,1H3,(H2,12,13,14,15)/t7-,8-/m1/s1. The summed E-state index contributed by atoms with van der Waals surface area (Å²) in [6.45, 7) is 2.23. The molecule has 2 rings (SSSR count). The van der Waals surface area contributed by atoms with E-state index in [9.17, 15) is 4.79 Å². The van der Waals surface area contributed by atoms with E-state index in [1.807, 2.05) is 0 Å². The molecule has 1 aliphatic rings. The largest absolute Gasteiger partial charge is 0.366 e. The Labute approximate surface area is 88.3 Å². The summed E-state index contributed by atoms with van der Waals surface area (Å²) in [6.07, 6.45) is 6.51. The van der Waals surface area contributed by atoms with E-state index in [0.29, 0.717) is 17.8 Å². The first kappa shape index (κ1) is 10.1. The van der Waals surface area contributed by atoms with Crippen LogP contribution in [0.2, 0.25) is 0 Å². The Hall–Kier alpha value is -1.39. The second-order valence-electron chi connectivity index (χ2n) is 4.18. The Kier molecular flexibility index (Phi) is 2.99. The van der Waals surface area contributed by atoms with Gasteiger partial charge < -0.3 is 5.32 Å². The summed E-state index contributed by atoms with van der Waals surface area (Å²) in [5.41, 5.74) is -0.400. The number of nitrogens with one attached hydrogen (secondary N) is 2. The Morgan fingerprint density at radius 1 is 1.47 bits per heavy atom. The van der Waals surface area contributed by atoms with Crippen LogP contribution in [0.25, 0.3) is 0 Å². The summed E-state index contributed by atoms with van der Waals surface area (Å²) in [5.74, 6) is 1.22. The lowest BCUT2D eigenvalue weighted by molar-refractivity contribution is 0.349. The second-order valence-corrected chi connectivity index (χ2v) is 4.18. The molecule has 5 heteroatoms. The van der Waals surface area contributed by atoms with Crippen molar-refractivity contribution in [2.75, 3.05) is 5.32 Å². The molecule has 2 N–H and O–H groups in total. The summed E-state index contributed by atoms with van der Waals surface area (Å²) in [7, 11) is 0. The topological polar surface area (TPSA) is 70.7 Å². The third kappa shape index (κ3) is 2.55. The molecule has 0 aliphatic heterocycles. The number of hydrogen-bond donors (Lipinski definition) is 2. The number of nitrogens with zero attached hydrogens (tertiary/aromatic N) is 2. The van der Waals surface area contributed by atoms with Crippen LogP contribution in [0.1, 0.15) is 32.6 Å². The van der Waals surface area contributed by atoms with Crippen molar-refractivity contribution in [1.29, 1.82) is 0 Å². The van der Waals surface area contributed by atoms with Crippen LogP contribution in [0, 0.1) is 5.92 Å². The summed E-state index contributed by atoms with van der Waals surface area (Å²) < 4.78 is 0. The lowest BCUT2D eigenvalue weighted by atomic mass is 9.86. The lowest BCUT2D eigenvalue weighted by Crippen LogP contribution is -2.31. The van der Waals surface area contributed by atoms with Crippen molar-refractivity contribution < 1.29 is 0 Å². The number of anilines is 1. The molecule has 1 saturated carbocycles. The highest BCUT2D eigenvalue weighted by atomic mass is 16.1. The van der Waals surface area contributed by atoms with Crippen LogP contribution >= 0.6 is 0 Å². The zero-order valence-corrected chi connectivity index (χ0v) is 8.86. The third-order valence-electron chi connectivity index (χ3n) is 3.01. The molecule has 1 aromatic rings. The van der Waals surface area contributed by atoms with Crippen LogP contribution in [0.5, 0.6) is 0 Å². The van der Waals surface area contributed by atoms with Gasteiger partial charge in [-0.15, -0.1) is 0 Å². The van der Waals surface area contributed by atoms with E-state index < -0.39 is 5.69 Å². The van der Waals surface area contributed by atoms with E-state index in [4.69, 9.17) is 0 Å². The molecule has 0 bridgehead atoms. The predicted molar refractivity (Wildman–Crippen MR) is 57.7 cm³/mol. The SMILES string of the molecule is C[C@@H]1CCCC[C@H]1Nc1cn[nH]c(=O)n1. The van der Waals surface area contributed by atoms with Gasteiger partial charge in [0.25, 0.3) is 0 Å². The molecule has 1 aromatic heterocycles. The molecule has 2 atom stereocenters. The maximum atomic E-state index is 10.9. The Morgan fingerprint density at radius 2 is 2.27 bits per heavy atom. The zero-order valence-electron chi connectivity index (χ0n) is 8.86. The number of rotatable bonds is 2. The average Bonchev–Trinajstić information content (AvgIpc) is 2.22. The molecule has 0 unspecified atom stereocenters. The van der Waals surface area contributed by atoms with Crippen molar-refractivity contribution in [1.82, 2.24) is 15.2 Å². The van der Waals surface area contributed by atoms with Crippen LogP contribution in [-0.2, 0) is 0 Å². The summed E-state index contributed by atoms with van der Waals surface area (Å²) in [4.78, 5) is 14.8. The first-order valence-corrected chi connectivity index (χ1v) is 5.44. The van der Waals surface area contributed by atoms with E-state index in [-0.39, 0.29) is 0 Å². The van der Waals surface area contributed by atoms with Gasteiger partial charge in [-0.25, -0.2) is 9.89 Å². The van der Waals surface area contributed by atoms with Crippen LogP contribution in [0.3, 0.4) is 0 Å². The van der Waals surface area contributed by atoms with Crippen molar-refractivity contribution in [3.8, 4) is 0 Å². The minimum Gasteiger partial charge on any atom is -0.366 e. The van der Waals surface area contributed by atoms with Gasteiger partial charge >= 0.3 is 5.69 Å². The van der Waals surface area contributed by atoms with Gasteiger partial charge in [0.2, 0.25) is 0 Å². The molecule has 0 saturated heterocycles. The van der Waals surface area contributed by atoms with Gasteiger partial charge in [-0.3, -0.25) is 0 Å². The van der Waals surface area contributed by atoms with Crippen molar-refractivity contribution in [3.05, 3.63) is 16.7 Å². The zero-order chi connectivity index (χ0) is 10.7. The van der Waals surface area contributed by atoms with Crippen molar-refractivity contribution in [2.24, 2.45) is 5.92 Å². The first-order valence-electron chi connectivity index (χ1n) is 5.44. The average molecular weight is 208 g/mol. The highest BCUT2D eigenvalue weighted by Gasteiger charge is 2.21. The van der Waals surface area contributed by atoms with E-state index >= 15 is 0 Å². The van der Waals surface area contributed by atoms with E-state index in [2.05, 4.69) is 27.4 Å². The van der Waals surface area contributed by atoms with Gasteiger partial charge in [-0.2, -0.15) is 10.1 Å². The normalized spacial score (nSPS) is 26.2. The van der Waals surface area contributed by atoms with Gasteiger partial charge in [0.05, 0.1) is 6.20 Å². The summed E-state index contributed by atoms with van der Waals surface area (Å²) in [6, 6.07) is 0.426. The van der Waals surface area contributed by atoms with Crippen LogP contribution in [0.4, 0.5) is 5.82 Å².